The molecule has 0 fully saturated rings. The van der Waals surface area contributed by atoms with Gasteiger partial charge in [-0.25, -0.2) is 0 Å². The summed E-state index contributed by atoms with van der Waals surface area (Å²) in [5.41, 5.74) is 0. The number of aliphatic hydroxyl groups excluding tert-OH is 1. The van der Waals surface area contributed by atoms with Crippen LogP contribution < -0.4 is 4.90 Å². The highest BCUT2D eigenvalue weighted by atomic mass is 79.9. The summed E-state index contributed by atoms with van der Waals surface area (Å²) in [7, 11) is 2.01. The lowest BCUT2D eigenvalue weighted by molar-refractivity contribution is 0.283. The molecule has 1 heterocycles. The molecule has 0 saturated carbocycles. The molecule has 0 aliphatic carbocycles. The molecular weight excluding hydrogens is 266 g/mol. The van der Waals surface area contributed by atoms with Crippen LogP contribution in [-0.4, -0.2) is 35.5 Å². The van der Waals surface area contributed by atoms with Crippen LogP contribution in [0.4, 0.5) is 5.13 Å². The lowest BCUT2D eigenvalue weighted by Gasteiger charge is -2.13. The largest absolute Gasteiger partial charge is 0.396 e. The van der Waals surface area contributed by atoms with Gasteiger partial charge in [-0.15, -0.1) is 10.2 Å². The molecule has 1 rings (SSSR count). The van der Waals surface area contributed by atoms with Crippen LogP contribution >= 0.6 is 27.3 Å². The molecule has 0 aromatic carbocycles. The van der Waals surface area contributed by atoms with Crippen molar-refractivity contribution in [2.45, 2.75) is 19.3 Å². The van der Waals surface area contributed by atoms with Crippen molar-refractivity contribution in [1.29, 1.82) is 0 Å². The molecule has 0 unspecified atom stereocenters. The van der Waals surface area contributed by atoms with Crippen molar-refractivity contribution in [3.8, 4) is 0 Å². The zero-order valence-corrected chi connectivity index (χ0v) is 10.5. The van der Waals surface area contributed by atoms with Crippen molar-refractivity contribution in [1.82, 2.24) is 10.2 Å². The van der Waals surface area contributed by atoms with Gasteiger partial charge in [0.25, 0.3) is 0 Å². The molecule has 0 atom stereocenters. The fourth-order valence-electron chi connectivity index (χ4n) is 1.09. The minimum atomic E-state index is 0.286. The smallest absolute Gasteiger partial charge is 0.208 e. The van der Waals surface area contributed by atoms with E-state index in [9.17, 15) is 0 Å². The summed E-state index contributed by atoms with van der Waals surface area (Å²) in [5, 5.41) is 17.4. The summed E-state index contributed by atoms with van der Waals surface area (Å²) < 4.78 is 0.815. The zero-order valence-electron chi connectivity index (χ0n) is 8.11. The normalized spacial score (nSPS) is 10.5. The van der Waals surface area contributed by atoms with Gasteiger partial charge >= 0.3 is 0 Å². The predicted octanol–water partition coefficient (Wildman–Crippen LogP) is 1.90. The lowest BCUT2D eigenvalue weighted by atomic mass is 10.2. The summed E-state index contributed by atoms with van der Waals surface area (Å²) in [6.45, 7) is 1.25. The van der Waals surface area contributed by atoms with Crippen molar-refractivity contribution in [2.24, 2.45) is 0 Å². The Labute approximate surface area is 96.1 Å². The van der Waals surface area contributed by atoms with E-state index < -0.39 is 0 Å². The minimum Gasteiger partial charge on any atom is -0.396 e. The summed E-state index contributed by atoms with van der Waals surface area (Å²) in [5.74, 6) is 0. The summed E-state index contributed by atoms with van der Waals surface area (Å²) in [6, 6.07) is 0. The highest BCUT2D eigenvalue weighted by Gasteiger charge is 2.06. The maximum absolute atomic E-state index is 8.61. The monoisotopic (exact) mass is 279 g/mol. The van der Waals surface area contributed by atoms with Crippen LogP contribution in [0.25, 0.3) is 0 Å². The van der Waals surface area contributed by atoms with Crippen LogP contribution in [0.5, 0.6) is 0 Å². The molecule has 6 heteroatoms. The van der Waals surface area contributed by atoms with Crippen LogP contribution in [-0.2, 0) is 0 Å². The number of nitrogens with zero attached hydrogens (tertiary/aromatic N) is 3. The van der Waals surface area contributed by atoms with Crippen molar-refractivity contribution >= 4 is 32.4 Å². The summed E-state index contributed by atoms with van der Waals surface area (Å²) in [6.07, 6.45) is 3.02. The van der Waals surface area contributed by atoms with Crippen LogP contribution in [0.3, 0.4) is 0 Å². The molecule has 1 N–H and O–H groups in total. The maximum atomic E-state index is 8.61. The standard InChI is InChI=1S/C8H14BrN3OS/c1-12(5-3-2-4-6-13)8-11-10-7(9)14-8/h13H,2-6H2,1H3. The van der Waals surface area contributed by atoms with Crippen LogP contribution in [0.2, 0.25) is 0 Å². The molecule has 4 nitrogen and oxygen atoms in total. The molecule has 80 valence electrons. The van der Waals surface area contributed by atoms with Gasteiger partial charge < -0.3 is 10.0 Å². The highest BCUT2D eigenvalue weighted by molar-refractivity contribution is 9.11. The third-order valence-corrected chi connectivity index (χ3v) is 3.34. The minimum absolute atomic E-state index is 0.286. The second-order valence-corrected chi connectivity index (χ2v) is 5.28. The molecule has 0 spiro atoms. The van der Waals surface area contributed by atoms with E-state index in [0.29, 0.717) is 0 Å². The van der Waals surface area contributed by atoms with Gasteiger partial charge in [0.15, 0.2) is 3.92 Å². The number of halogens is 1. The van der Waals surface area contributed by atoms with E-state index in [-0.39, 0.29) is 6.61 Å². The SMILES string of the molecule is CN(CCCCCO)c1nnc(Br)s1. The third-order valence-electron chi connectivity index (χ3n) is 1.87. The van der Waals surface area contributed by atoms with E-state index in [2.05, 4.69) is 31.0 Å². The molecule has 0 aliphatic rings. The molecular formula is C8H14BrN3OS. The number of unbranched alkanes of at least 4 members (excludes halogenated alkanes) is 2. The molecule has 0 radical (unpaired) electrons. The number of aromatic nitrogens is 2. The summed E-state index contributed by atoms with van der Waals surface area (Å²) in [4.78, 5) is 2.08. The first-order valence-corrected chi connectivity index (χ1v) is 6.16. The average Bonchev–Trinajstić information content (AvgIpc) is 2.59. The fraction of sp³-hybridized carbons (Fsp3) is 0.750. The second-order valence-electron chi connectivity index (χ2n) is 3.04. The van der Waals surface area contributed by atoms with Gasteiger partial charge in [0.2, 0.25) is 5.13 Å². The van der Waals surface area contributed by atoms with E-state index >= 15 is 0 Å². The second kappa shape index (κ2) is 6.31. The third kappa shape index (κ3) is 3.89. The first-order valence-electron chi connectivity index (χ1n) is 4.55. The summed E-state index contributed by atoms with van der Waals surface area (Å²) >= 11 is 4.81. The van der Waals surface area contributed by atoms with Crippen LogP contribution in [0.1, 0.15) is 19.3 Å². The number of anilines is 1. The number of hydrogen-bond acceptors (Lipinski definition) is 5. The Kier molecular flexibility index (Phi) is 5.36. The van der Waals surface area contributed by atoms with Gasteiger partial charge in [0.1, 0.15) is 0 Å². The van der Waals surface area contributed by atoms with E-state index in [1.165, 1.54) is 11.3 Å². The fourth-order valence-corrected chi connectivity index (χ4v) is 2.16. The first-order chi connectivity index (χ1) is 6.74. The van der Waals surface area contributed by atoms with Gasteiger partial charge in [-0.1, -0.05) is 11.3 Å². The van der Waals surface area contributed by atoms with Gasteiger partial charge in [0.05, 0.1) is 0 Å². The van der Waals surface area contributed by atoms with Crippen molar-refractivity contribution in [2.75, 3.05) is 25.1 Å². The first kappa shape index (κ1) is 11.9. The molecule has 0 saturated heterocycles. The molecule has 0 bridgehead atoms. The Balaban J connectivity index is 2.25. The molecule has 0 amide bonds. The number of rotatable bonds is 6. The predicted molar refractivity (Wildman–Crippen MR) is 61.8 cm³/mol. The Morgan fingerprint density at radius 1 is 1.36 bits per heavy atom. The Bertz CT molecular complexity index is 269. The molecule has 0 aliphatic heterocycles. The van der Waals surface area contributed by atoms with Gasteiger partial charge in [0, 0.05) is 20.2 Å². The zero-order chi connectivity index (χ0) is 10.4. The Morgan fingerprint density at radius 3 is 2.71 bits per heavy atom. The number of hydrogen-bond donors (Lipinski definition) is 1. The average molecular weight is 280 g/mol. The van der Waals surface area contributed by atoms with E-state index in [4.69, 9.17) is 5.11 Å². The van der Waals surface area contributed by atoms with E-state index in [0.717, 1.165) is 34.9 Å². The van der Waals surface area contributed by atoms with E-state index in [1.54, 1.807) is 0 Å². The van der Waals surface area contributed by atoms with Crippen molar-refractivity contribution < 1.29 is 5.11 Å². The van der Waals surface area contributed by atoms with Crippen LogP contribution in [0, 0.1) is 0 Å². The Morgan fingerprint density at radius 2 is 2.14 bits per heavy atom. The highest BCUT2D eigenvalue weighted by Crippen LogP contribution is 2.23. The van der Waals surface area contributed by atoms with Gasteiger partial charge in [-0.3, -0.25) is 0 Å². The quantitative estimate of drug-likeness (QED) is 0.809. The lowest BCUT2D eigenvalue weighted by Crippen LogP contribution is -2.18. The molecule has 1 aromatic heterocycles. The maximum Gasteiger partial charge on any atom is 0.208 e. The topological polar surface area (TPSA) is 49.2 Å². The van der Waals surface area contributed by atoms with Gasteiger partial charge in [-0.05, 0) is 35.2 Å². The number of aliphatic hydroxyl groups is 1. The van der Waals surface area contributed by atoms with Crippen LogP contribution in [0.15, 0.2) is 3.92 Å². The molecule has 14 heavy (non-hydrogen) atoms. The van der Waals surface area contributed by atoms with Crippen molar-refractivity contribution in [3.05, 3.63) is 3.92 Å². The van der Waals surface area contributed by atoms with Gasteiger partial charge in [-0.2, -0.15) is 0 Å². The van der Waals surface area contributed by atoms with Crippen molar-refractivity contribution in [3.63, 3.8) is 0 Å². The van der Waals surface area contributed by atoms with E-state index in [1.807, 2.05) is 7.05 Å². The Hall–Kier alpha value is -0.200. The molecule has 1 aromatic rings.